The number of fused-ring (bicyclic) bond motifs is 5. The fourth-order valence-corrected chi connectivity index (χ4v) is 10.8. The number of allylic oxidation sites excluding steroid dienone is 1. The first-order valence-electron chi connectivity index (χ1n) is 19.8. The van der Waals surface area contributed by atoms with Gasteiger partial charge in [-0.2, -0.15) is 0 Å². The average Bonchev–Trinajstić information content (AvgIpc) is 3.39. The zero-order valence-electron chi connectivity index (χ0n) is 31.1. The van der Waals surface area contributed by atoms with Crippen LogP contribution in [0.15, 0.2) is 35.9 Å². The van der Waals surface area contributed by atoms with E-state index in [0.29, 0.717) is 16.6 Å². The summed E-state index contributed by atoms with van der Waals surface area (Å²) in [6, 6.07) is 7.31. The minimum Gasteiger partial charge on any atom is -0.449 e. The van der Waals surface area contributed by atoms with Crippen molar-refractivity contribution in [2.45, 2.75) is 170 Å². The fraction of sp³-hybridized carbons (Fsp3) is 0.791. The first-order chi connectivity index (χ1) is 22.5. The summed E-state index contributed by atoms with van der Waals surface area (Å²) in [5.74, 6) is 5.84. The highest BCUT2D eigenvalue weighted by atomic mass is 16.7. The lowest BCUT2D eigenvalue weighted by molar-refractivity contribution is -0.0573. The second-order valence-corrected chi connectivity index (χ2v) is 17.1. The molecule has 266 valence electrons. The Labute approximate surface area is 288 Å². The van der Waals surface area contributed by atoms with Gasteiger partial charge in [-0.25, -0.2) is 4.79 Å². The van der Waals surface area contributed by atoms with E-state index in [1.165, 1.54) is 108 Å². The summed E-state index contributed by atoms with van der Waals surface area (Å²) in [6.07, 6.45) is 26.1. The number of hydrogen-bond acceptors (Lipinski definition) is 3. The molecule has 0 bridgehead atoms. The molecule has 1 aromatic carbocycles. The summed E-state index contributed by atoms with van der Waals surface area (Å²) < 4.78 is 4.57. The summed E-state index contributed by atoms with van der Waals surface area (Å²) in [7, 11) is 0. The Bertz CT molecular complexity index is 1120. The van der Waals surface area contributed by atoms with E-state index in [-0.39, 0.29) is 6.10 Å². The Morgan fingerprint density at radius 1 is 0.872 bits per heavy atom. The highest BCUT2D eigenvalue weighted by Crippen LogP contribution is 2.67. The van der Waals surface area contributed by atoms with Gasteiger partial charge in [0.1, 0.15) is 5.75 Å². The van der Waals surface area contributed by atoms with E-state index in [1.807, 2.05) is 12.1 Å². The number of aryl methyl sites for hydroxylation is 1. The van der Waals surface area contributed by atoms with Gasteiger partial charge in [-0.3, -0.25) is 0 Å². The van der Waals surface area contributed by atoms with Crippen molar-refractivity contribution in [3.05, 3.63) is 41.5 Å². The SMILES string of the molecule is CC(C)CCC[C@@H](C)[C@H]1CC[C@H]2[C@@H]3CC=C4C[C@@H](O)CC[C@]4(C)[C@H]3CC[C@]12C.CCCCCCCCCc1ccc(OC(=O)O)cc1. The Balaban J connectivity index is 0.000000231. The van der Waals surface area contributed by atoms with E-state index < -0.39 is 6.16 Å². The Morgan fingerprint density at radius 2 is 1.57 bits per heavy atom. The van der Waals surface area contributed by atoms with Gasteiger partial charge in [0.05, 0.1) is 6.10 Å². The first-order valence-corrected chi connectivity index (χ1v) is 19.8. The maximum absolute atomic E-state index is 10.4. The highest BCUT2D eigenvalue weighted by molar-refractivity contribution is 5.61. The molecular formula is C43H70O4. The molecule has 0 aliphatic heterocycles. The predicted molar refractivity (Wildman–Crippen MR) is 196 cm³/mol. The summed E-state index contributed by atoms with van der Waals surface area (Å²) in [5, 5.41) is 18.7. The topological polar surface area (TPSA) is 66.8 Å². The zero-order valence-corrected chi connectivity index (χ0v) is 31.1. The molecule has 0 saturated heterocycles. The van der Waals surface area contributed by atoms with Gasteiger partial charge in [-0.05, 0) is 128 Å². The molecule has 47 heavy (non-hydrogen) atoms. The summed E-state index contributed by atoms with van der Waals surface area (Å²) >= 11 is 0. The fourth-order valence-electron chi connectivity index (χ4n) is 10.8. The molecule has 0 unspecified atom stereocenters. The van der Waals surface area contributed by atoms with Gasteiger partial charge in [-0.15, -0.1) is 0 Å². The molecule has 2 N–H and O–H groups in total. The third-order valence-electron chi connectivity index (χ3n) is 13.5. The van der Waals surface area contributed by atoms with Crippen LogP contribution in [-0.2, 0) is 6.42 Å². The number of rotatable bonds is 14. The average molecular weight is 651 g/mol. The minimum absolute atomic E-state index is 0.0766. The van der Waals surface area contributed by atoms with E-state index in [9.17, 15) is 9.90 Å². The van der Waals surface area contributed by atoms with Crippen LogP contribution in [0.2, 0.25) is 0 Å². The van der Waals surface area contributed by atoms with Crippen LogP contribution in [0.3, 0.4) is 0 Å². The number of benzene rings is 1. The second kappa shape index (κ2) is 17.7. The van der Waals surface area contributed by atoms with Crippen molar-refractivity contribution >= 4 is 6.16 Å². The van der Waals surface area contributed by atoms with E-state index in [2.05, 4.69) is 52.4 Å². The molecule has 3 saturated carbocycles. The molecule has 1 aromatic rings. The summed E-state index contributed by atoms with van der Waals surface area (Å²) in [6.45, 7) is 14.8. The molecule has 4 heteroatoms. The molecule has 3 fully saturated rings. The molecule has 5 rings (SSSR count). The smallest absolute Gasteiger partial charge is 0.449 e. The van der Waals surface area contributed by atoms with Crippen LogP contribution in [0, 0.1) is 46.3 Å². The van der Waals surface area contributed by atoms with Crippen LogP contribution in [-0.4, -0.2) is 22.5 Å². The molecule has 4 aliphatic carbocycles. The van der Waals surface area contributed by atoms with Crippen LogP contribution < -0.4 is 4.74 Å². The summed E-state index contributed by atoms with van der Waals surface area (Å²) in [4.78, 5) is 10.4. The van der Waals surface area contributed by atoms with Gasteiger partial charge in [-0.1, -0.05) is 123 Å². The predicted octanol–water partition coefficient (Wildman–Crippen LogP) is 12.4. The van der Waals surface area contributed by atoms with Crippen molar-refractivity contribution in [3.8, 4) is 5.75 Å². The Morgan fingerprint density at radius 3 is 2.26 bits per heavy atom. The molecule has 4 nitrogen and oxygen atoms in total. The third-order valence-corrected chi connectivity index (χ3v) is 13.5. The minimum atomic E-state index is -1.26. The number of carbonyl (C=O) groups is 1. The lowest BCUT2D eigenvalue weighted by atomic mass is 9.47. The number of unbranched alkanes of at least 4 members (excludes halogenated alkanes) is 6. The van der Waals surface area contributed by atoms with Crippen molar-refractivity contribution in [1.29, 1.82) is 0 Å². The molecule has 0 spiro atoms. The second-order valence-electron chi connectivity index (χ2n) is 17.1. The van der Waals surface area contributed by atoms with Gasteiger partial charge in [0.15, 0.2) is 0 Å². The molecule has 0 aromatic heterocycles. The van der Waals surface area contributed by atoms with E-state index in [1.54, 1.807) is 17.7 Å². The lowest BCUT2D eigenvalue weighted by Crippen LogP contribution is -2.50. The normalized spacial score (nSPS) is 31.9. The van der Waals surface area contributed by atoms with E-state index in [0.717, 1.165) is 54.8 Å². The molecule has 8 atom stereocenters. The van der Waals surface area contributed by atoms with Crippen molar-refractivity contribution in [3.63, 3.8) is 0 Å². The number of hydrogen-bond donors (Lipinski definition) is 2. The number of aliphatic hydroxyl groups excluding tert-OH is 1. The number of aliphatic hydroxyl groups is 1. The molecule has 0 heterocycles. The zero-order chi connectivity index (χ0) is 34.0. The number of ether oxygens (including phenoxy) is 1. The lowest BCUT2D eigenvalue weighted by Gasteiger charge is -2.58. The summed E-state index contributed by atoms with van der Waals surface area (Å²) in [5.41, 5.74) is 3.85. The number of carboxylic acid groups (broad SMARTS) is 1. The van der Waals surface area contributed by atoms with Crippen molar-refractivity contribution in [1.82, 2.24) is 0 Å². The van der Waals surface area contributed by atoms with Crippen LogP contribution in [0.5, 0.6) is 5.75 Å². The standard InChI is InChI=1S/C27H46O.C16H24O3/c1-18(2)7-6-8-19(3)23-11-12-24-22-10-9-20-17-21(28)13-15-26(20,4)25(22)14-16-27(23,24)5;1-2-3-4-5-6-7-8-9-14-10-12-15(13-11-14)19-16(17)18/h9,18-19,21-25,28H,6-8,10-17H2,1-5H3;10-13H,2-9H2,1H3,(H,17,18)/t19-,21+,22+,23-,24+,25+,26+,27-;/m1./s1. The largest absolute Gasteiger partial charge is 0.511 e. The third kappa shape index (κ3) is 9.89. The maximum Gasteiger partial charge on any atom is 0.511 e. The quantitative estimate of drug-likeness (QED) is 0.0910. The van der Waals surface area contributed by atoms with Gasteiger partial charge >= 0.3 is 6.16 Å². The maximum atomic E-state index is 10.4. The van der Waals surface area contributed by atoms with Crippen LogP contribution >= 0.6 is 0 Å². The van der Waals surface area contributed by atoms with Crippen molar-refractivity contribution in [2.24, 2.45) is 46.3 Å². The van der Waals surface area contributed by atoms with Gasteiger partial charge in [0.2, 0.25) is 0 Å². The molecule has 0 amide bonds. The van der Waals surface area contributed by atoms with Crippen LogP contribution in [0.4, 0.5) is 4.79 Å². The highest BCUT2D eigenvalue weighted by Gasteiger charge is 2.59. The monoisotopic (exact) mass is 651 g/mol. The first kappa shape index (κ1) is 38.0. The van der Waals surface area contributed by atoms with Gasteiger partial charge < -0.3 is 14.9 Å². The van der Waals surface area contributed by atoms with E-state index >= 15 is 0 Å². The molecule has 4 aliphatic rings. The molecular weight excluding hydrogens is 580 g/mol. The Kier molecular flexibility index (Phi) is 14.3. The molecule has 0 radical (unpaired) electrons. The Hall–Kier alpha value is -1.81. The van der Waals surface area contributed by atoms with Gasteiger partial charge in [0.25, 0.3) is 0 Å². The van der Waals surface area contributed by atoms with Gasteiger partial charge in [0, 0.05) is 0 Å². The van der Waals surface area contributed by atoms with Crippen LogP contribution in [0.25, 0.3) is 0 Å². The van der Waals surface area contributed by atoms with Crippen molar-refractivity contribution < 1.29 is 19.7 Å². The van der Waals surface area contributed by atoms with E-state index in [4.69, 9.17) is 5.11 Å². The van der Waals surface area contributed by atoms with Crippen molar-refractivity contribution in [2.75, 3.05) is 0 Å². The van der Waals surface area contributed by atoms with Crippen LogP contribution in [0.1, 0.15) is 163 Å².